The van der Waals surface area contributed by atoms with E-state index in [2.05, 4.69) is 15.9 Å². The average Bonchev–Trinajstić information content (AvgIpc) is 2.97. The van der Waals surface area contributed by atoms with Gasteiger partial charge in [0.2, 0.25) is 0 Å². The molecule has 0 radical (unpaired) electrons. The van der Waals surface area contributed by atoms with Crippen molar-refractivity contribution in [1.82, 2.24) is 4.90 Å². The van der Waals surface area contributed by atoms with Crippen molar-refractivity contribution in [2.75, 3.05) is 44.3 Å². The third-order valence-electron chi connectivity index (χ3n) is 4.33. The summed E-state index contributed by atoms with van der Waals surface area (Å²) in [6.07, 6.45) is 1.21. The summed E-state index contributed by atoms with van der Waals surface area (Å²) in [6.45, 7) is 6.56. The van der Waals surface area contributed by atoms with Crippen LogP contribution in [0.15, 0.2) is 18.2 Å². The van der Waals surface area contributed by atoms with Crippen molar-refractivity contribution >= 4 is 17.3 Å². The van der Waals surface area contributed by atoms with Crippen molar-refractivity contribution in [3.8, 4) is 0 Å². The van der Waals surface area contributed by atoms with E-state index in [1.165, 1.54) is 12.1 Å². The van der Waals surface area contributed by atoms with E-state index >= 15 is 0 Å². The van der Waals surface area contributed by atoms with Gasteiger partial charge in [-0.3, -0.25) is 4.90 Å². The first-order valence-electron chi connectivity index (χ1n) is 7.33. The number of halogens is 1. The van der Waals surface area contributed by atoms with E-state index in [9.17, 15) is 0 Å². The van der Waals surface area contributed by atoms with Gasteiger partial charge in [-0.25, -0.2) is 0 Å². The van der Waals surface area contributed by atoms with Crippen LogP contribution in [0, 0.1) is 0 Å². The number of rotatable bonds is 3. The minimum Gasteiger partial charge on any atom is -0.379 e. The number of nitrogens with zero attached hydrogens (tertiary/aromatic N) is 2. The molecule has 0 saturated carbocycles. The van der Waals surface area contributed by atoms with Crippen LogP contribution < -0.4 is 10.6 Å². The molecule has 5 heteroatoms. The molecular weight excluding hydrogens is 274 g/mol. The van der Waals surface area contributed by atoms with E-state index in [-0.39, 0.29) is 0 Å². The van der Waals surface area contributed by atoms with Gasteiger partial charge in [-0.15, -0.1) is 0 Å². The molecule has 0 bridgehead atoms. The minimum absolute atomic E-state index is 0.536. The molecule has 2 saturated heterocycles. The van der Waals surface area contributed by atoms with Crippen LogP contribution >= 0.6 is 11.6 Å². The molecule has 1 aromatic rings. The van der Waals surface area contributed by atoms with E-state index in [0.29, 0.717) is 12.6 Å². The Morgan fingerprint density at radius 3 is 2.80 bits per heavy atom. The second-order valence-electron chi connectivity index (χ2n) is 5.51. The van der Waals surface area contributed by atoms with Gasteiger partial charge in [0, 0.05) is 49.5 Å². The summed E-state index contributed by atoms with van der Waals surface area (Å²) in [5.74, 6) is 0. The number of hydrogen-bond donors (Lipinski definition) is 1. The van der Waals surface area contributed by atoms with Gasteiger partial charge in [-0.2, -0.15) is 0 Å². The van der Waals surface area contributed by atoms with Gasteiger partial charge in [-0.1, -0.05) is 11.6 Å². The first-order chi connectivity index (χ1) is 9.78. The van der Waals surface area contributed by atoms with Crippen molar-refractivity contribution < 1.29 is 4.74 Å². The number of hydrogen-bond acceptors (Lipinski definition) is 4. The molecule has 20 heavy (non-hydrogen) atoms. The highest BCUT2D eigenvalue weighted by molar-refractivity contribution is 6.30. The van der Waals surface area contributed by atoms with Crippen LogP contribution in [0.1, 0.15) is 12.0 Å². The van der Waals surface area contributed by atoms with E-state index in [4.69, 9.17) is 22.1 Å². The molecule has 0 aromatic heterocycles. The Labute approximate surface area is 125 Å². The van der Waals surface area contributed by atoms with E-state index in [1.807, 2.05) is 12.1 Å². The van der Waals surface area contributed by atoms with Crippen LogP contribution in [-0.2, 0) is 11.3 Å². The molecule has 3 rings (SSSR count). The van der Waals surface area contributed by atoms with Crippen molar-refractivity contribution in [3.63, 3.8) is 0 Å². The fourth-order valence-corrected chi connectivity index (χ4v) is 3.42. The molecule has 0 aliphatic carbocycles. The summed E-state index contributed by atoms with van der Waals surface area (Å²) in [4.78, 5) is 5.00. The lowest BCUT2D eigenvalue weighted by Crippen LogP contribution is -2.44. The molecule has 2 fully saturated rings. The average molecular weight is 296 g/mol. The molecule has 2 heterocycles. The summed E-state index contributed by atoms with van der Waals surface area (Å²) in [5.41, 5.74) is 8.23. The van der Waals surface area contributed by atoms with Crippen LogP contribution in [0.5, 0.6) is 0 Å². The van der Waals surface area contributed by atoms with Crippen LogP contribution in [0.3, 0.4) is 0 Å². The van der Waals surface area contributed by atoms with Gasteiger partial charge < -0.3 is 15.4 Å². The van der Waals surface area contributed by atoms with Crippen molar-refractivity contribution in [2.45, 2.75) is 19.0 Å². The van der Waals surface area contributed by atoms with E-state index in [0.717, 1.165) is 50.0 Å². The molecule has 4 nitrogen and oxygen atoms in total. The Morgan fingerprint density at radius 1 is 1.25 bits per heavy atom. The predicted octanol–water partition coefficient (Wildman–Crippen LogP) is 1.71. The standard InChI is InChI=1S/C15H22ClN3O/c16-13-1-2-15(12(9-13)10-17)19-4-3-14(11-19)18-5-7-20-8-6-18/h1-2,9,14H,3-8,10-11,17H2. The number of nitrogens with two attached hydrogens (primary N) is 1. The van der Waals surface area contributed by atoms with E-state index in [1.54, 1.807) is 0 Å². The summed E-state index contributed by atoms with van der Waals surface area (Å²) in [7, 11) is 0. The highest BCUT2D eigenvalue weighted by Gasteiger charge is 2.29. The van der Waals surface area contributed by atoms with Crippen LogP contribution in [0.2, 0.25) is 5.02 Å². The predicted molar refractivity (Wildman–Crippen MR) is 82.4 cm³/mol. The third-order valence-corrected chi connectivity index (χ3v) is 4.56. The molecule has 0 amide bonds. The Hall–Kier alpha value is -0.810. The van der Waals surface area contributed by atoms with Gasteiger partial charge in [0.25, 0.3) is 0 Å². The fraction of sp³-hybridized carbons (Fsp3) is 0.600. The Balaban J connectivity index is 1.70. The third kappa shape index (κ3) is 2.93. The van der Waals surface area contributed by atoms with Crippen molar-refractivity contribution in [2.24, 2.45) is 5.73 Å². The van der Waals surface area contributed by atoms with Gasteiger partial charge in [0.15, 0.2) is 0 Å². The maximum absolute atomic E-state index is 6.06. The van der Waals surface area contributed by atoms with Crippen LogP contribution in [0.25, 0.3) is 0 Å². The SMILES string of the molecule is NCc1cc(Cl)ccc1N1CCC(N2CCOCC2)C1. The summed E-state index contributed by atoms with van der Waals surface area (Å²) >= 11 is 6.06. The Bertz CT molecular complexity index is 462. The Morgan fingerprint density at radius 2 is 2.05 bits per heavy atom. The highest BCUT2D eigenvalue weighted by atomic mass is 35.5. The zero-order valence-corrected chi connectivity index (χ0v) is 12.5. The highest BCUT2D eigenvalue weighted by Crippen LogP contribution is 2.28. The van der Waals surface area contributed by atoms with Crippen molar-refractivity contribution in [3.05, 3.63) is 28.8 Å². The lowest BCUT2D eigenvalue weighted by Gasteiger charge is -2.32. The molecule has 110 valence electrons. The monoisotopic (exact) mass is 295 g/mol. The Kier molecular flexibility index (Phi) is 4.46. The normalized spacial score (nSPS) is 24.3. The topological polar surface area (TPSA) is 41.7 Å². The van der Waals surface area contributed by atoms with Crippen LogP contribution in [0.4, 0.5) is 5.69 Å². The smallest absolute Gasteiger partial charge is 0.0594 e. The second kappa shape index (κ2) is 6.31. The number of anilines is 1. The number of ether oxygens (including phenoxy) is 1. The van der Waals surface area contributed by atoms with E-state index < -0.39 is 0 Å². The van der Waals surface area contributed by atoms with Gasteiger partial charge in [0.1, 0.15) is 0 Å². The molecule has 2 aliphatic rings. The van der Waals surface area contributed by atoms with Gasteiger partial charge in [0.05, 0.1) is 13.2 Å². The van der Waals surface area contributed by atoms with Gasteiger partial charge >= 0.3 is 0 Å². The lowest BCUT2D eigenvalue weighted by atomic mass is 10.1. The zero-order valence-electron chi connectivity index (χ0n) is 11.7. The first kappa shape index (κ1) is 14.1. The maximum atomic E-state index is 6.06. The van der Waals surface area contributed by atoms with Crippen LogP contribution in [-0.4, -0.2) is 50.3 Å². The molecule has 1 atom stereocenters. The summed E-state index contributed by atoms with van der Waals surface area (Å²) < 4.78 is 5.43. The first-order valence-corrected chi connectivity index (χ1v) is 7.71. The minimum atomic E-state index is 0.536. The van der Waals surface area contributed by atoms with Crippen molar-refractivity contribution in [1.29, 1.82) is 0 Å². The molecule has 2 N–H and O–H groups in total. The molecule has 0 spiro atoms. The molecule has 1 aromatic carbocycles. The second-order valence-corrected chi connectivity index (χ2v) is 5.95. The molecule has 2 aliphatic heterocycles. The lowest BCUT2D eigenvalue weighted by molar-refractivity contribution is 0.0209. The summed E-state index contributed by atoms with van der Waals surface area (Å²) in [5, 5.41) is 0.762. The molecule has 1 unspecified atom stereocenters. The largest absolute Gasteiger partial charge is 0.379 e. The zero-order chi connectivity index (χ0) is 13.9. The summed E-state index contributed by atoms with van der Waals surface area (Å²) in [6, 6.07) is 6.68. The number of morpholine rings is 1. The quantitative estimate of drug-likeness (QED) is 0.922. The van der Waals surface area contributed by atoms with Gasteiger partial charge in [-0.05, 0) is 30.2 Å². The fourth-order valence-electron chi connectivity index (χ4n) is 3.23. The molecular formula is C15H22ClN3O. The number of benzene rings is 1. The maximum Gasteiger partial charge on any atom is 0.0594 e.